The second-order valence-electron chi connectivity index (χ2n) is 14.9. The highest BCUT2D eigenvalue weighted by Crippen LogP contribution is 2.48. The summed E-state index contributed by atoms with van der Waals surface area (Å²) in [5, 5.41) is 7.02. The number of hydrogen-bond acceptors (Lipinski definition) is 2. The average Bonchev–Trinajstić information content (AvgIpc) is 3.70. The van der Waals surface area contributed by atoms with Gasteiger partial charge in [-0.2, -0.15) is 0 Å². The number of nitrogens with zero attached hydrogens (tertiary/aromatic N) is 1. The third-order valence-electron chi connectivity index (χ3n) is 11.5. The van der Waals surface area contributed by atoms with E-state index < -0.39 is 0 Å². The SMILES string of the molecule is c1ccc(-c2ccc(-c3ccc(N(c4ccccc4-c4ccc5ccccc5c4)c4ccc(-c5ccc6ccccc6c5)c5oc6ccccc6c45)cc3)cc2)cc1. The lowest BCUT2D eigenvalue weighted by Crippen LogP contribution is -2.11. The zero-order chi connectivity index (χ0) is 38.4. The molecule has 0 saturated carbocycles. The Morgan fingerprint density at radius 1 is 0.310 bits per heavy atom. The van der Waals surface area contributed by atoms with E-state index >= 15 is 0 Å². The Labute approximate surface area is 337 Å². The van der Waals surface area contributed by atoms with Gasteiger partial charge in [0, 0.05) is 22.2 Å². The third kappa shape index (κ3) is 5.91. The molecule has 0 spiro atoms. The number of hydrogen-bond donors (Lipinski definition) is 0. The first-order valence-corrected chi connectivity index (χ1v) is 19.8. The zero-order valence-electron chi connectivity index (χ0n) is 31.7. The average molecular weight is 740 g/mol. The van der Waals surface area contributed by atoms with Crippen LogP contribution < -0.4 is 4.90 Å². The maximum atomic E-state index is 6.87. The van der Waals surface area contributed by atoms with Crippen molar-refractivity contribution in [3.63, 3.8) is 0 Å². The fraction of sp³-hybridized carbons (Fsp3) is 0. The lowest BCUT2D eigenvalue weighted by molar-refractivity contribution is 0.670. The number of fused-ring (bicyclic) bond motifs is 5. The highest BCUT2D eigenvalue weighted by Gasteiger charge is 2.24. The minimum atomic E-state index is 0.865. The molecule has 10 aromatic carbocycles. The highest BCUT2D eigenvalue weighted by atomic mass is 16.3. The second-order valence-corrected chi connectivity index (χ2v) is 14.9. The van der Waals surface area contributed by atoms with Crippen molar-refractivity contribution in [2.24, 2.45) is 0 Å². The molecule has 0 fully saturated rings. The van der Waals surface area contributed by atoms with Crippen LogP contribution in [0.25, 0.3) is 88.0 Å². The quantitative estimate of drug-likeness (QED) is 0.162. The molecule has 0 bridgehead atoms. The van der Waals surface area contributed by atoms with Gasteiger partial charge in [-0.15, -0.1) is 0 Å². The zero-order valence-corrected chi connectivity index (χ0v) is 31.7. The number of anilines is 3. The molecule has 0 unspecified atom stereocenters. The third-order valence-corrected chi connectivity index (χ3v) is 11.5. The van der Waals surface area contributed by atoms with Gasteiger partial charge in [0.25, 0.3) is 0 Å². The largest absolute Gasteiger partial charge is 0.455 e. The second kappa shape index (κ2) is 14.1. The summed E-state index contributed by atoms with van der Waals surface area (Å²) in [6.45, 7) is 0. The van der Waals surface area contributed by atoms with Crippen LogP contribution in [-0.2, 0) is 0 Å². The maximum Gasteiger partial charge on any atom is 0.145 e. The number of benzene rings is 10. The molecule has 0 aliphatic rings. The minimum absolute atomic E-state index is 0.865. The van der Waals surface area contributed by atoms with Crippen molar-refractivity contribution >= 4 is 60.5 Å². The van der Waals surface area contributed by atoms with Crippen LogP contribution in [0.2, 0.25) is 0 Å². The molecular formula is C56H37NO. The molecule has 272 valence electrons. The molecule has 11 rings (SSSR count). The fourth-order valence-corrected chi connectivity index (χ4v) is 8.55. The summed E-state index contributed by atoms with van der Waals surface area (Å²) < 4.78 is 6.87. The van der Waals surface area contributed by atoms with Gasteiger partial charge in [-0.25, -0.2) is 0 Å². The van der Waals surface area contributed by atoms with Crippen molar-refractivity contribution in [3.05, 3.63) is 224 Å². The summed E-state index contributed by atoms with van der Waals surface area (Å²) in [6.07, 6.45) is 0. The van der Waals surface area contributed by atoms with Crippen LogP contribution in [0.15, 0.2) is 229 Å². The van der Waals surface area contributed by atoms with E-state index in [1.807, 2.05) is 0 Å². The molecule has 2 heteroatoms. The van der Waals surface area contributed by atoms with E-state index in [-0.39, 0.29) is 0 Å². The van der Waals surface area contributed by atoms with Crippen LogP contribution in [0.4, 0.5) is 17.1 Å². The first kappa shape index (κ1) is 33.6. The van der Waals surface area contributed by atoms with Crippen molar-refractivity contribution in [3.8, 4) is 44.5 Å². The van der Waals surface area contributed by atoms with Crippen molar-refractivity contribution in [1.82, 2.24) is 0 Å². The molecule has 1 aromatic heterocycles. The fourth-order valence-electron chi connectivity index (χ4n) is 8.55. The van der Waals surface area contributed by atoms with Gasteiger partial charge in [-0.1, -0.05) is 176 Å². The number of furan rings is 1. The molecule has 0 saturated heterocycles. The van der Waals surface area contributed by atoms with E-state index in [0.29, 0.717) is 0 Å². The predicted octanol–water partition coefficient (Wildman–Crippen LogP) is 16.0. The van der Waals surface area contributed by atoms with Gasteiger partial charge in [0.15, 0.2) is 0 Å². The van der Waals surface area contributed by atoms with Gasteiger partial charge in [-0.05, 0) is 103 Å². The highest BCUT2D eigenvalue weighted by molar-refractivity contribution is 6.17. The first-order chi connectivity index (χ1) is 28.7. The molecule has 58 heavy (non-hydrogen) atoms. The van der Waals surface area contributed by atoms with Gasteiger partial charge >= 0.3 is 0 Å². The first-order valence-electron chi connectivity index (χ1n) is 19.8. The Hall–Kier alpha value is -7.68. The Bertz CT molecular complexity index is 3270. The predicted molar refractivity (Wildman–Crippen MR) is 245 cm³/mol. The van der Waals surface area contributed by atoms with Gasteiger partial charge in [0.2, 0.25) is 0 Å². The molecular weight excluding hydrogens is 703 g/mol. The van der Waals surface area contributed by atoms with Crippen molar-refractivity contribution in [2.75, 3.05) is 4.90 Å². The molecule has 0 N–H and O–H groups in total. The van der Waals surface area contributed by atoms with Gasteiger partial charge in [0.05, 0.1) is 16.8 Å². The van der Waals surface area contributed by atoms with Crippen molar-refractivity contribution in [1.29, 1.82) is 0 Å². The smallest absolute Gasteiger partial charge is 0.145 e. The summed E-state index contributed by atoms with van der Waals surface area (Å²) >= 11 is 0. The Balaban J connectivity index is 1.11. The molecule has 0 aliphatic carbocycles. The Morgan fingerprint density at radius 2 is 0.810 bits per heavy atom. The van der Waals surface area contributed by atoms with Crippen molar-refractivity contribution in [2.45, 2.75) is 0 Å². The summed E-state index contributed by atoms with van der Waals surface area (Å²) in [5.41, 5.74) is 14.2. The summed E-state index contributed by atoms with van der Waals surface area (Å²) in [7, 11) is 0. The Morgan fingerprint density at radius 3 is 1.48 bits per heavy atom. The lowest BCUT2D eigenvalue weighted by Gasteiger charge is -2.29. The van der Waals surface area contributed by atoms with Crippen LogP contribution in [0, 0.1) is 0 Å². The van der Waals surface area contributed by atoms with Crippen LogP contribution in [0.5, 0.6) is 0 Å². The molecule has 0 amide bonds. The lowest BCUT2D eigenvalue weighted by atomic mass is 9.96. The van der Waals surface area contributed by atoms with Gasteiger partial charge in [-0.3, -0.25) is 0 Å². The van der Waals surface area contributed by atoms with E-state index in [1.165, 1.54) is 38.2 Å². The van der Waals surface area contributed by atoms with E-state index in [2.05, 4.69) is 229 Å². The van der Waals surface area contributed by atoms with Crippen molar-refractivity contribution < 1.29 is 4.42 Å². The molecule has 0 radical (unpaired) electrons. The van der Waals surface area contributed by atoms with E-state index in [1.54, 1.807) is 0 Å². The minimum Gasteiger partial charge on any atom is -0.455 e. The van der Waals surface area contributed by atoms with Crippen LogP contribution in [0.1, 0.15) is 0 Å². The van der Waals surface area contributed by atoms with Gasteiger partial charge < -0.3 is 9.32 Å². The number of rotatable bonds is 7. The molecule has 0 atom stereocenters. The van der Waals surface area contributed by atoms with E-state index in [4.69, 9.17) is 4.42 Å². The molecule has 0 aliphatic heterocycles. The van der Waals surface area contributed by atoms with Crippen LogP contribution in [0.3, 0.4) is 0 Å². The van der Waals surface area contributed by atoms with Crippen LogP contribution >= 0.6 is 0 Å². The molecule has 11 aromatic rings. The van der Waals surface area contributed by atoms with Crippen LogP contribution in [-0.4, -0.2) is 0 Å². The van der Waals surface area contributed by atoms with E-state index in [9.17, 15) is 0 Å². The molecule has 2 nitrogen and oxygen atoms in total. The normalized spacial score (nSPS) is 11.4. The topological polar surface area (TPSA) is 16.4 Å². The standard InChI is InChI=1S/C56H37NO/c1-2-12-38(13-3-1)41-22-24-42(25-23-41)43-30-32-48(33-31-43)57(52-20-10-8-18-49(52)46-28-26-39-14-4-6-16-44(39)36-46)53-35-34-50(47-29-27-40-15-5-7-17-45(40)37-47)56-55(53)51-19-9-11-21-54(51)58-56/h1-37H. The summed E-state index contributed by atoms with van der Waals surface area (Å²) in [4.78, 5) is 2.42. The van der Waals surface area contributed by atoms with E-state index in [0.717, 1.165) is 66.8 Å². The summed E-state index contributed by atoms with van der Waals surface area (Å²) in [6, 6.07) is 80.7. The Kier molecular flexibility index (Phi) is 8.19. The maximum absolute atomic E-state index is 6.87. The number of para-hydroxylation sites is 2. The van der Waals surface area contributed by atoms with Gasteiger partial charge in [0.1, 0.15) is 11.2 Å². The summed E-state index contributed by atoms with van der Waals surface area (Å²) in [5.74, 6) is 0. The molecule has 1 heterocycles. The monoisotopic (exact) mass is 739 g/mol.